The Morgan fingerprint density at radius 2 is 1.89 bits per heavy atom. The number of hydrogen-bond donors (Lipinski definition) is 0. The second kappa shape index (κ2) is 6.43. The van der Waals surface area contributed by atoms with Crippen molar-refractivity contribution in [3.63, 3.8) is 0 Å². The average Bonchev–Trinajstić information content (AvgIpc) is 2.36. The van der Waals surface area contributed by atoms with Gasteiger partial charge in [-0.3, -0.25) is 4.90 Å². The van der Waals surface area contributed by atoms with E-state index in [2.05, 4.69) is 24.8 Å². The van der Waals surface area contributed by atoms with Gasteiger partial charge in [-0.2, -0.15) is 5.26 Å². The Balaban J connectivity index is 3.06. The van der Waals surface area contributed by atoms with Crippen molar-refractivity contribution in [1.82, 2.24) is 4.90 Å². The molecule has 98 valence electrons. The minimum Gasteiger partial charge on any atom is -0.286 e. The molecule has 0 amide bonds. The Hall–Kier alpha value is -0.750. The lowest BCUT2D eigenvalue weighted by Crippen LogP contribution is -2.46. The van der Waals surface area contributed by atoms with E-state index >= 15 is 0 Å². The van der Waals surface area contributed by atoms with E-state index in [-0.39, 0.29) is 0 Å². The molecule has 0 spiro atoms. The molecule has 0 aliphatic heterocycles. The van der Waals surface area contributed by atoms with Gasteiger partial charge in [0, 0.05) is 6.42 Å². The van der Waals surface area contributed by atoms with Crippen molar-refractivity contribution in [3.05, 3.63) is 33.8 Å². The zero-order valence-electron chi connectivity index (χ0n) is 11.0. The third-order valence-corrected chi connectivity index (χ3v) is 4.13. The van der Waals surface area contributed by atoms with Gasteiger partial charge in [-0.15, -0.1) is 0 Å². The van der Waals surface area contributed by atoms with E-state index < -0.39 is 5.54 Å². The van der Waals surface area contributed by atoms with E-state index in [9.17, 15) is 5.26 Å². The minimum atomic E-state index is -0.558. The van der Waals surface area contributed by atoms with Crippen molar-refractivity contribution in [2.24, 2.45) is 0 Å². The SMILES string of the molecule is CCN(CC)C(C)(C#N)Cc1cccc(Cl)c1Cl. The highest BCUT2D eigenvalue weighted by Gasteiger charge is 2.31. The Morgan fingerprint density at radius 1 is 1.28 bits per heavy atom. The van der Waals surface area contributed by atoms with Crippen molar-refractivity contribution in [3.8, 4) is 6.07 Å². The number of hydrogen-bond acceptors (Lipinski definition) is 2. The molecule has 0 aliphatic rings. The molecule has 0 bridgehead atoms. The van der Waals surface area contributed by atoms with Gasteiger partial charge in [0.2, 0.25) is 0 Å². The zero-order valence-corrected chi connectivity index (χ0v) is 12.5. The van der Waals surface area contributed by atoms with E-state index in [4.69, 9.17) is 23.2 Å². The Bertz CT molecular complexity index is 450. The van der Waals surface area contributed by atoms with Crippen molar-refractivity contribution >= 4 is 23.2 Å². The summed E-state index contributed by atoms with van der Waals surface area (Å²) < 4.78 is 0. The van der Waals surface area contributed by atoms with Crippen LogP contribution in [0.5, 0.6) is 0 Å². The van der Waals surface area contributed by atoms with Gasteiger partial charge >= 0.3 is 0 Å². The predicted molar refractivity (Wildman–Crippen MR) is 77.1 cm³/mol. The smallest absolute Gasteiger partial charge is 0.110 e. The molecular weight excluding hydrogens is 267 g/mol. The Kier molecular flexibility index (Phi) is 5.47. The molecule has 0 fully saturated rings. The van der Waals surface area contributed by atoms with E-state index in [0.717, 1.165) is 18.7 Å². The number of nitriles is 1. The van der Waals surface area contributed by atoms with Gasteiger partial charge in [0.15, 0.2) is 0 Å². The summed E-state index contributed by atoms with van der Waals surface area (Å²) in [6.45, 7) is 7.71. The summed E-state index contributed by atoms with van der Waals surface area (Å²) >= 11 is 12.2. The van der Waals surface area contributed by atoms with Gasteiger partial charge in [-0.1, -0.05) is 49.2 Å². The van der Waals surface area contributed by atoms with Gasteiger partial charge in [0.25, 0.3) is 0 Å². The minimum absolute atomic E-state index is 0.536. The molecule has 1 unspecified atom stereocenters. The first-order chi connectivity index (χ1) is 8.48. The number of benzene rings is 1. The second-order valence-corrected chi connectivity index (χ2v) is 5.23. The van der Waals surface area contributed by atoms with Gasteiger partial charge in [0.1, 0.15) is 5.54 Å². The first-order valence-corrected chi connectivity index (χ1v) is 6.83. The maximum absolute atomic E-state index is 9.47. The normalized spacial score (nSPS) is 14.3. The van der Waals surface area contributed by atoms with Crippen LogP contribution in [0, 0.1) is 11.3 Å². The third kappa shape index (κ3) is 3.17. The fraction of sp³-hybridized carbons (Fsp3) is 0.500. The molecular formula is C14H18Cl2N2. The average molecular weight is 285 g/mol. The highest BCUT2D eigenvalue weighted by atomic mass is 35.5. The van der Waals surface area contributed by atoms with Crippen LogP contribution in [0.2, 0.25) is 10.0 Å². The number of halogens is 2. The van der Waals surface area contributed by atoms with E-state index in [1.54, 1.807) is 6.07 Å². The van der Waals surface area contributed by atoms with Crippen LogP contribution in [0.15, 0.2) is 18.2 Å². The van der Waals surface area contributed by atoms with Crippen LogP contribution >= 0.6 is 23.2 Å². The highest BCUT2D eigenvalue weighted by Crippen LogP contribution is 2.30. The zero-order chi connectivity index (χ0) is 13.8. The van der Waals surface area contributed by atoms with Crippen molar-refractivity contribution in [1.29, 1.82) is 5.26 Å². The molecule has 0 aliphatic carbocycles. The quantitative estimate of drug-likeness (QED) is 0.812. The molecule has 4 heteroatoms. The summed E-state index contributed by atoms with van der Waals surface area (Å²) in [4.78, 5) is 2.13. The Labute approximate surface area is 119 Å². The first kappa shape index (κ1) is 15.3. The second-order valence-electron chi connectivity index (χ2n) is 4.45. The lowest BCUT2D eigenvalue weighted by Gasteiger charge is -2.34. The molecule has 0 heterocycles. The third-order valence-electron chi connectivity index (χ3n) is 3.27. The van der Waals surface area contributed by atoms with Crippen LogP contribution in [0.3, 0.4) is 0 Å². The lowest BCUT2D eigenvalue weighted by atomic mass is 9.92. The summed E-state index contributed by atoms with van der Waals surface area (Å²) in [6.07, 6.45) is 0.574. The number of nitrogens with zero attached hydrogens (tertiary/aromatic N) is 2. The summed E-state index contributed by atoms with van der Waals surface area (Å²) in [5.41, 5.74) is 0.359. The fourth-order valence-corrected chi connectivity index (χ4v) is 2.59. The number of rotatable bonds is 5. The van der Waals surface area contributed by atoms with Crippen LogP contribution < -0.4 is 0 Å². The summed E-state index contributed by atoms with van der Waals surface area (Å²) in [5, 5.41) is 10.6. The summed E-state index contributed by atoms with van der Waals surface area (Å²) in [5.74, 6) is 0. The van der Waals surface area contributed by atoms with Crippen LogP contribution in [0.1, 0.15) is 26.3 Å². The molecule has 0 saturated carbocycles. The summed E-state index contributed by atoms with van der Waals surface area (Å²) in [6, 6.07) is 7.95. The van der Waals surface area contributed by atoms with Gasteiger partial charge in [-0.25, -0.2) is 0 Å². The molecule has 18 heavy (non-hydrogen) atoms. The molecule has 1 aromatic rings. The van der Waals surface area contributed by atoms with Crippen LogP contribution in [-0.2, 0) is 6.42 Å². The molecule has 0 N–H and O–H groups in total. The van der Waals surface area contributed by atoms with Gasteiger partial charge in [0.05, 0.1) is 16.1 Å². The van der Waals surface area contributed by atoms with Gasteiger partial charge < -0.3 is 0 Å². The predicted octanol–water partition coefficient (Wildman–Crippen LogP) is 4.16. The maximum atomic E-state index is 9.47. The molecule has 1 aromatic carbocycles. The molecule has 0 radical (unpaired) electrons. The van der Waals surface area contributed by atoms with Crippen molar-refractivity contribution in [2.75, 3.05) is 13.1 Å². The van der Waals surface area contributed by atoms with Crippen LogP contribution in [0.25, 0.3) is 0 Å². The Morgan fingerprint density at radius 3 is 2.39 bits per heavy atom. The topological polar surface area (TPSA) is 27.0 Å². The van der Waals surface area contributed by atoms with Gasteiger partial charge in [-0.05, 0) is 31.6 Å². The molecule has 1 rings (SSSR count). The molecule has 0 saturated heterocycles. The van der Waals surface area contributed by atoms with Crippen molar-refractivity contribution in [2.45, 2.75) is 32.7 Å². The fourth-order valence-electron chi connectivity index (χ4n) is 2.20. The highest BCUT2D eigenvalue weighted by molar-refractivity contribution is 6.42. The van der Waals surface area contributed by atoms with Crippen molar-refractivity contribution < 1.29 is 0 Å². The maximum Gasteiger partial charge on any atom is 0.110 e. The van der Waals surface area contributed by atoms with E-state index in [1.165, 1.54) is 0 Å². The number of likely N-dealkylation sites (N-methyl/N-ethyl adjacent to an activating group) is 1. The monoisotopic (exact) mass is 284 g/mol. The largest absolute Gasteiger partial charge is 0.286 e. The molecule has 1 atom stereocenters. The summed E-state index contributed by atoms with van der Waals surface area (Å²) in [7, 11) is 0. The van der Waals surface area contributed by atoms with E-state index in [0.29, 0.717) is 16.5 Å². The molecule has 2 nitrogen and oxygen atoms in total. The van der Waals surface area contributed by atoms with Crippen LogP contribution in [0.4, 0.5) is 0 Å². The van der Waals surface area contributed by atoms with Crippen LogP contribution in [-0.4, -0.2) is 23.5 Å². The lowest BCUT2D eigenvalue weighted by molar-refractivity contribution is 0.169. The first-order valence-electron chi connectivity index (χ1n) is 6.07. The standard InChI is InChI=1S/C14H18Cl2N2/c1-4-18(5-2)14(3,10-17)9-11-7-6-8-12(15)13(11)16/h6-8H,4-5,9H2,1-3H3. The van der Waals surface area contributed by atoms with E-state index in [1.807, 2.05) is 19.1 Å². The molecule has 0 aromatic heterocycles.